The standard InChI is InChI=1S/C31H41N3O3/c1-37-28-10-11-30-29(22-28)26(15-19-33-30)8-5-7-25-16-21-34(23-27(25)9-12-31(35)36)20-4-2-3-6-24-13-17-32-18-14-24/h10-11,13-15,17-19,22,25,27H,2-9,12,16,20-21,23H2,1H3,(H,35,36)/t25-,27+/m1/s1. The number of aryl methyl sites for hydroxylation is 2. The second-order valence-corrected chi connectivity index (χ2v) is 10.5. The van der Waals surface area contributed by atoms with Crippen LogP contribution in [0.3, 0.4) is 0 Å². The maximum Gasteiger partial charge on any atom is 0.303 e. The van der Waals surface area contributed by atoms with Crippen LogP contribution in [0.1, 0.15) is 62.5 Å². The van der Waals surface area contributed by atoms with Gasteiger partial charge in [-0.3, -0.25) is 14.8 Å². The lowest BCUT2D eigenvalue weighted by Crippen LogP contribution is -2.41. The molecule has 6 heteroatoms. The number of pyridine rings is 2. The predicted molar refractivity (Wildman–Crippen MR) is 148 cm³/mol. The molecule has 0 aliphatic carbocycles. The molecule has 198 valence electrons. The van der Waals surface area contributed by atoms with Crippen LogP contribution in [0.4, 0.5) is 0 Å². The van der Waals surface area contributed by atoms with E-state index in [2.05, 4.69) is 39.1 Å². The molecular formula is C31H41N3O3. The molecule has 0 unspecified atom stereocenters. The second kappa shape index (κ2) is 14.1. The van der Waals surface area contributed by atoms with Crippen molar-refractivity contribution in [3.63, 3.8) is 0 Å². The van der Waals surface area contributed by atoms with Gasteiger partial charge >= 0.3 is 5.97 Å². The van der Waals surface area contributed by atoms with Crippen LogP contribution in [-0.4, -0.2) is 52.7 Å². The summed E-state index contributed by atoms with van der Waals surface area (Å²) in [5.74, 6) is 1.25. The molecule has 1 N–H and O–H groups in total. The predicted octanol–water partition coefficient (Wildman–Crippen LogP) is 6.18. The van der Waals surface area contributed by atoms with Crippen molar-refractivity contribution in [1.82, 2.24) is 14.9 Å². The van der Waals surface area contributed by atoms with E-state index < -0.39 is 5.97 Å². The Morgan fingerprint density at radius 2 is 1.86 bits per heavy atom. The van der Waals surface area contributed by atoms with Gasteiger partial charge in [0.05, 0.1) is 12.6 Å². The molecular weight excluding hydrogens is 462 g/mol. The molecule has 2 aromatic heterocycles. The summed E-state index contributed by atoms with van der Waals surface area (Å²) in [5.41, 5.74) is 3.69. The summed E-state index contributed by atoms with van der Waals surface area (Å²) in [6, 6.07) is 12.4. The van der Waals surface area contributed by atoms with Gasteiger partial charge in [-0.2, -0.15) is 0 Å². The number of carboxylic acids is 1. The van der Waals surface area contributed by atoms with Crippen molar-refractivity contribution < 1.29 is 14.6 Å². The first kappa shape index (κ1) is 27.1. The molecule has 6 nitrogen and oxygen atoms in total. The molecule has 2 atom stereocenters. The summed E-state index contributed by atoms with van der Waals surface area (Å²) in [5, 5.41) is 10.5. The molecule has 0 saturated carbocycles. The van der Waals surface area contributed by atoms with Crippen molar-refractivity contribution >= 4 is 16.9 Å². The van der Waals surface area contributed by atoms with Crippen LogP contribution in [0.15, 0.2) is 55.0 Å². The minimum absolute atomic E-state index is 0.274. The van der Waals surface area contributed by atoms with Crippen LogP contribution in [0.5, 0.6) is 5.75 Å². The molecule has 0 radical (unpaired) electrons. The van der Waals surface area contributed by atoms with Gasteiger partial charge in [0.2, 0.25) is 0 Å². The number of benzene rings is 1. The van der Waals surface area contributed by atoms with Crippen LogP contribution in [-0.2, 0) is 17.6 Å². The number of methoxy groups -OCH3 is 1. The van der Waals surface area contributed by atoms with Gasteiger partial charge in [-0.15, -0.1) is 0 Å². The highest BCUT2D eigenvalue weighted by molar-refractivity contribution is 5.83. The number of likely N-dealkylation sites (tertiary alicyclic amines) is 1. The Morgan fingerprint density at radius 1 is 1.00 bits per heavy atom. The van der Waals surface area contributed by atoms with Gasteiger partial charge in [-0.05, 0) is 124 Å². The number of unbranched alkanes of at least 4 members (excludes halogenated alkanes) is 2. The lowest BCUT2D eigenvalue weighted by molar-refractivity contribution is -0.137. The highest BCUT2D eigenvalue weighted by Crippen LogP contribution is 2.32. The SMILES string of the molecule is COc1ccc2nccc(CCC[C@@H]3CCN(CCCCCc4ccncc4)C[C@@H]3CCC(=O)O)c2c1. The van der Waals surface area contributed by atoms with Crippen LogP contribution in [0.25, 0.3) is 10.9 Å². The lowest BCUT2D eigenvalue weighted by Gasteiger charge is -2.39. The Kier molecular flexibility index (Phi) is 10.3. The number of hydrogen-bond acceptors (Lipinski definition) is 5. The number of rotatable bonds is 14. The van der Waals surface area contributed by atoms with E-state index in [4.69, 9.17) is 4.74 Å². The minimum Gasteiger partial charge on any atom is -0.497 e. The zero-order valence-electron chi connectivity index (χ0n) is 22.1. The number of fused-ring (bicyclic) bond motifs is 1. The number of nitrogens with zero attached hydrogens (tertiary/aromatic N) is 3. The summed E-state index contributed by atoms with van der Waals surface area (Å²) < 4.78 is 5.43. The smallest absolute Gasteiger partial charge is 0.303 e. The molecule has 4 rings (SSSR count). The number of carboxylic acid groups (broad SMARTS) is 1. The number of ether oxygens (including phenoxy) is 1. The average molecular weight is 504 g/mol. The Bertz CT molecular complexity index is 1120. The van der Waals surface area contributed by atoms with E-state index in [-0.39, 0.29) is 6.42 Å². The van der Waals surface area contributed by atoms with E-state index in [0.29, 0.717) is 11.8 Å². The highest BCUT2D eigenvalue weighted by atomic mass is 16.5. The minimum atomic E-state index is -0.677. The van der Waals surface area contributed by atoms with E-state index in [0.717, 1.165) is 63.0 Å². The first-order valence-corrected chi connectivity index (χ1v) is 13.9. The van der Waals surface area contributed by atoms with Crippen molar-refractivity contribution in [2.75, 3.05) is 26.7 Å². The Labute approximate surface area is 221 Å². The van der Waals surface area contributed by atoms with Gasteiger partial charge in [-0.25, -0.2) is 0 Å². The second-order valence-electron chi connectivity index (χ2n) is 10.5. The third-order valence-electron chi connectivity index (χ3n) is 7.95. The summed E-state index contributed by atoms with van der Waals surface area (Å²) >= 11 is 0. The third kappa shape index (κ3) is 8.26. The number of aromatic nitrogens is 2. The third-order valence-corrected chi connectivity index (χ3v) is 7.95. The van der Waals surface area contributed by atoms with E-state index in [1.165, 1.54) is 42.2 Å². The van der Waals surface area contributed by atoms with Gasteiger partial charge in [0.15, 0.2) is 0 Å². The Balaban J connectivity index is 1.25. The largest absolute Gasteiger partial charge is 0.497 e. The van der Waals surface area contributed by atoms with Gasteiger partial charge in [0, 0.05) is 36.9 Å². The molecule has 1 aliphatic heterocycles. The molecule has 0 spiro atoms. The van der Waals surface area contributed by atoms with Crippen molar-refractivity contribution in [2.45, 2.75) is 64.2 Å². The molecule has 1 aromatic carbocycles. The van der Waals surface area contributed by atoms with E-state index in [9.17, 15) is 9.90 Å². The molecule has 0 bridgehead atoms. The number of aliphatic carboxylic acids is 1. The Hall–Kier alpha value is -2.99. The van der Waals surface area contributed by atoms with Crippen molar-refractivity contribution in [3.05, 3.63) is 66.1 Å². The van der Waals surface area contributed by atoms with Gasteiger partial charge in [-0.1, -0.05) is 6.42 Å². The number of carbonyl (C=O) groups is 1. The van der Waals surface area contributed by atoms with Crippen LogP contribution < -0.4 is 4.74 Å². The fraction of sp³-hybridized carbons (Fsp3) is 0.516. The highest BCUT2D eigenvalue weighted by Gasteiger charge is 2.29. The fourth-order valence-electron chi connectivity index (χ4n) is 5.85. The molecule has 0 amide bonds. The lowest BCUT2D eigenvalue weighted by atomic mass is 9.79. The van der Waals surface area contributed by atoms with E-state index >= 15 is 0 Å². The zero-order valence-corrected chi connectivity index (χ0v) is 22.1. The molecule has 1 saturated heterocycles. The summed E-state index contributed by atoms with van der Waals surface area (Å²) in [6.45, 7) is 3.29. The van der Waals surface area contributed by atoms with E-state index in [1.807, 2.05) is 30.7 Å². The van der Waals surface area contributed by atoms with Crippen LogP contribution in [0, 0.1) is 11.8 Å². The van der Waals surface area contributed by atoms with Crippen LogP contribution >= 0.6 is 0 Å². The van der Waals surface area contributed by atoms with E-state index in [1.54, 1.807) is 7.11 Å². The Morgan fingerprint density at radius 3 is 2.68 bits per heavy atom. The van der Waals surface area contributed by atoms with Gasteiger partial charge < -0.3 is 14.7 Å². The molecule has 1 fully saturated rings. The maximum atomic E-state index is 11.3. The normalized spacial score (nSPS) is 18.2. The quantitative estimate of drug-likeness (QED) is 0.265. The molecule has 1 aliphatic rings. The molecule has 3 heterocycles. The van der Waals surface area contributed by atoms with Gasteiger partial charge in [0.1, 0.15) is 5.75 Å². The number of piperidine rings is 1. The first-order chi connectivity index (χ1) is 18.1. The van der Waals surface area contributed by atoms with Crippen LogP contribution in [0.2, 0.25) is 0 Å². The maximum absolute atomic E-state index is 11.3. The topological polar surface area (TPSA) is 75.5 Å². The monoisotopic (exact) mass is 503 g/mol. The summed E-state index contributed by atoms with van der Waals surface area (Å²) in [6.07, 6.45) is 15.9. The fourth-order valence-corrected chi connectivity index (χ4v) is 5.85. The average Bonchev–Trinajstić information content (AvgIpc) is 2.93. The first-order valence-electron chi connectivity index (χ1n) is 13.9. The van der Waals surface area contributed by atoms with Crippen molar-refractivity contribution in [2.24, 2.45) is 11.8 Å². The number of hydrogen-bond donors (Lipinski definition) is 1. The van der Waals surface area contributed by atoms with Gasteiger partial charge in [0.25, 0.3) is 0 Å². The van der Waals surface area contributed by atoms with Crippen molar-refractivity contribution in [3.8, 4) is 5.75 Å². The molecule has 3 aromatic rings. The summed E-state index contributed by atoms with van der Waals surface area (Å²) in [4.78, 5) is 22.5. The zero-order chi connectivity index (χ0) is 25.9. The molecule has 37 heavy (non-hydrogen) atoms. The van der Waals surface area contributed by atoms with Crippen molar-refractivity contribution in [1.29, 1.82) is 0 Å². The summed E-state index contributed by atoms with van der Waals surface area (Å²) in [7, 11) is 1.70.